The van der Waals surface area contributed by atoms with Crippen molar-refractivity contribution in [2.24, 2.45) is 11.3 Å². The maximum atomic E-state index is 5.87. The Morgan fingerprint density at radius 2 is 1.92 bits per heavy atom. The first-order chi connectivity index (χ1) is 5.86. The lowest BCUT2D eigenvalue weighted by Crippen LogP contribution is -2.66. The van der Waals surface area contributed by atoms with Crippen molar-refractivity contribution < 1.29 is 4.74 Å². The molecular weight excluding hydrogens is 160 g/mol. The maximum absolute atomic E-state index is 5.87. The third-order valence-corrected chi connectivity index (χ3v) is 3.98. The van der Waals surface area contributed by atoms with E-state index in [4.69, 9.17) is 4.74 Å². The van der Waals surface area contributed by atoms with Crippen LogP contribution >= 0.6 is 0 Å². The van der Waals surface area contributed by atoms with E-state index in [1.54, 1.807) is 0 Å². The van der Waals surface area contributed by atoms with E-state index in [1.165, 1.54) is 0 Å². The number of hydrogen-bond acceptors (Lipinski definition) is 1. The van der Waals surface area contributed by atoms with Gasteiger partial charge in [-0.2, -0.15) is 0 Å². The predicted octanol–water partition coefficient (Wildman–Crippen LogP) is 3.40. The van der Waals surface area contributed by atoms with Gasteiger partial charge in [0.15, 0.2) is 0 Å². The van der Waals surface area contributed by atoms with Gasteiger partial charge in [-0.05, 0) is 26.2 Å². The zero-order valence-corrected chi connectivity index (χ0v) is 9.55. The van der Waals surface area contributed by atoms with Crippen molar-refractivity contribution in [1.82, 2.24) is 0 Å². The second-order valence-corrected chi connectivity index (χ2v) is 5.08. The topological polar surface area (TPSA) is 9.23 Å². The highest BCUT2D eigenvalue weighted by molar-refractivity contribution is 5.08. The molecule has 13 heavy (non-hydrogen) atoms. The molecule has 0 aliphatic carbocycles. The SMILES string of the molecule is C=CCC1OC(C)(C)C1(C)C(C)C. The quantitative estimate of drug-likeness (QED) is 0.608. The molecule has 1 saturated heterocycles. The summed E-state index contributed by atoms with van der Waals surface area (Å²) >= 11 is 0. The van der Waals surface area contributed by atoms with Gasteiger partial charge in [0.1, 0.15) is 0 Å². The Balaban J connectivity index is 2.80. The molecular formula is C12H22O. The molecule has 2 unspecified atom stereocenters. The summed E-state index contributed by atoms with van der Waals surface area (Å²) in [6.45, 7) is 15.0. The van der Waals surface area contributed by atoms with E-state index in [-0.39, 0.29) is 5.60 Å². The van der Waals surface area contributed by atoms with Gasteiger partial charge >= 0.3 is 0 Å². The smallest absolute Gasteiger partial charge is 0.0711 e. The summed E-state index contributed by atoms with van der Waals surface area (Å²) in [5.74, 6) is 0.654. The van der Waals surface area contributed by atoms with Crippen LogP contribution in [0.3, 0.4) is 0 Å². The number of ether oxygens (including phenoxy) is 1. The molecule has 0 bridgehead atoms. The van der Waals surface area contributed by atoms with Crippen LogP contribution in [0.5, 0.6) is 0 Å². The Hall–Kier alpha value is -0.300. The molecule has 1 heterocycles. The van der Waals surface area contributed by atoms with Crippen molar-refractivity contribution in [3.8, 4) is 0 Å². The van der Waals surface area contributed by atoms with Crippen LogP contribution in [-0.4, -0.2) is 11.7 Å². The molecule has 2 atom stereocenters. The highest BCUT2D eigenvalue weighted by Gasteiger charge is 2.59. The van der Waals surface area contributed by atoms with Gasteiger partial charge < -0.3 is 4.74 Å². The monoisotopic (exact) mass is 182 g/mol. The molecule has 1 aliphatic heterocycles. The highest BCUT2D eigenvalue weighted by Crippen LogP contribution is 2.55. The highest BCUT2D eigenvalue weighted by atomic mass is 16.5. The Labute approximate surface area is 82.2 Å². The van der Waals surface area contributed by atoms with E-state index in [9.17, 15) is 0 Å². The van der Waals surface area contributed by atoms with Gasteiger partial charge in [0, 0.05) is 5.41 Å². The molecule has 0 N–H and O–H groups in total. The van der Waals surface area contributed by atoms with Crippen LogP contribution < -0.4 is 0 Å². The van der Waals surface area contributed by atoms with Crippen LogP contribution in [0, 0.1) is 11.3 Å². The molecule has 1 nitrogen and oxygen atoms in total. The van der Waals surface area contributed by atoms with Gasteiger partial charge in [0.2, 0.25) is 0 Å². The van der Waals surface area contributed by atoms with Gasteiger partial charge in [-0.1, -0.05) is 26.8 Å². The van der Waals surface area contributed by atoms with Crippen LogP contribution in [-0.2, 0) is 4.74 Å². The molecule has 1 rings (SSSR count). The largest absolute Gasteiger partial charge is 0.371 e. The molecule has 0 aromatic rings. The fourth-order valence-electron chi connectivity index (χ4n) is 2.45. The van der Waals surface area contributed by atoms with Gasteiger partial charge in [0.25, 0.3) is 0 Å². The van der Waals surface area contributed by atoms with E-state index in [2.05, 4.69) is 41.2 Å². The number of rotatable bonds is 3. The fourth-order valence-corrected chi connectivity index (χ4v) is 2.45. The summed E-state index contributed by atoms with van der Waals surface area (Å²) in [6, 6.07) is 0. The lowest BCUT2D eigenvalue weighted by atomic mass is 9.58. The predicted molar refractivity (Wildman–Crippen MR) is 56.7 cm³/mol. The molecule has 1 heteroatoms. The molecule has 1 aliphatic rings. The van der Waals surface area contributed by atoms with Crippen molar-refractivity contribution in [2.75, 3.05) is 0 Å². The molecule has 1 fully saturated rings. The van der Waals surface area contributed by atoms with Crippen LogP contribution in [0.1, 0.15) is 41.0 Å². The summed E-state index contributed by atoms with van der Waals surface area (Å²) in [4.78, 5) is 0. The van der Waals surface area contributed by atoms with Crippen molar-refractivity contribution >= 4 is 0 Å². The van der Waals surface area contributed by atoms with Gasteiger partial charge in [-0.3, -0.25) is 0 Å². The van der Waals surface area contributed by atoms with Crippen LogP contribution in [0.4, 0.5) is 0 Å². The van der Waals surface area contributed by atoms with Crippen molar-refractivity contribution in [3.05, 3.63) is 12.7 Å². The first-order valence-corrected chi connectivity index (χ1v) is 5.15. The minimum atomic E-state index is 0.0227. The van der Waals surface area contributed by atoms with Crippen LogP contribution in [0.2, 0.25) is 0 Å². The molecule has 0 saturated carbocycles. The lowest BCUT2D eigenvalue weighted by Gasteiger charge is -2.62. The minimum absolute atomic E-state index is 0.0227. The average molecular weight is 182 g/mol. The standard InChI is InChI=1S/C12H22O/c1-7-8-10-12(6,9(2)3)11(4,5)13-10/h7,9-10H,1,8H2,2-6H3. The first-order valence-electron chi connectivity index (χ1n) is 5.15. The molecule has 0 radical (unpaired) electrons. The zero-order chi connectivity index (χ0) is 10.3. The van der Waals surface area contributed by atoms with Gasteiger partial charge in [0.05, 0.1) is 11.7 Å². The van der Waals surface area contributed by atoms with Crippen LogP contribution in [0.25, 0.3) is 0 Å². The summed E-state index contributed by atoms with van der Waals surface area (Å²) in [6.07, 6.45) is 3.29. The Kier molecular flexibility index (Phi) is 2.59. The molecule has 0 aromatic carbocycles. The fraction of sp³-hybridized carbons (Fsp3) is 0.833. The molecule has 0 spiro atoms. The molecule has 0 amide bonds. The minimum Gasteiger partial charge on any atom is -0.371 e. The van der Waals surface area contributed by atoms with Crippen molar-refractivity contribution in [1.29, 1.82) is 0 Å². The van der Waals surface area contributed by atoms with E-state index in [1.807, 2.05) is 6.08 Å². The van der Waals surface area contributed by atoms with Crippen molar-refractivity contribution in [2.45, 2.75) is 52.7 Å². The summed E-state index contributed by atoms with van der Waals surface area (Å²) in [7, 11) is 0. The Morgan fingerprint density at radius 1 is 1.38 bits per heavy atom. The normalized spacial score (nSPS) is 37.2. The molecule has 0 aromatic heterocycles. The van der Waals surface area contributed by atoms with E-state index in [0.717, 1.165) is 6.42 Å². The summed E-state index contributed by atoms with van der Waals surface area (Å²) < 4.78 is 5.87. The number of hydrogen-bond donors (Lipinski definition) is 0. The first kappa shape index (κ1) is 10.8. The van der Waals surface area contributed by atoms with Crippen LogP contribution in [0.15, 0.2) is 12.7 Å². The third-order valence-electron chi connectivity index (χ3n) is 3.98. The van der Waals surface area contributed by atoms with E-state index < -0.39 is 0 Å². The van der Waals surface area contributed by atoms with Crippen molar-refractivity contribution in [3.63, 3.8) is 0 Å². The van der Waals surface area contributed by atoms with E-state index in [0.29, 0.717) is 17.4 Å². The van der Waals surface area contributed by atoms with E-state index >= 15 is 0 Å². The summed E-state index contributed by atoms with van der Waals surface area (Å²) in [5.41, 5.74) is 0.316. The average Bonchev–Trinajstić information content (AvgIpc) is 2.02. The lowest BCUT2D eigenvalue weighted by molar-refractivity contribution is -0.312. The van der Waals surface area contributed by atoms with Gasteiger partial charge in [-0.25, -0.2) is 0 Å². The van der Waals surface area contributed by atoms with Gasteiger partial charge in [-0.15, -0.1) is 6.58 Å². The Bertz CT molecular complexity index is 205. The Morgan fingerprint density at radius 3 is 2.23 bits per heavy atom. The maximum Gasteiger partial charge on any atom is 0.0711 e. The molecule has 76 valence electrons. The second-order valence-electron chi connectivity index (χ2n) is 5.08. The zero-order valence-electron chi connectivity index (χ0n) is 9.55. The third kappa shape index (κ3) is 1.34. The summed E-state index contributed by atoms with van der Waals surface area (Å²) in [5, 5.41) is 0. The second kappa shape index (κ2) is 3.13.